The molecule has 8 heteroatoms. The second-order valence-corrected chi connectivity index (χ2v) is 5.55. The van der Waals surface area contributed by atoms with E-state index in [4.69, 9.17) is 19.9 Å². The molecule has 0 aliphatic carbocycles. The van der Waals surface area contributed by atoms with Gasteiger partial charge in [-0.15, -0.1) is 0 Å². The van der Waals surface area contributed by atoms with Crippen molar-refractivity contribution in [3.63, 3.8) is 0 Å². The largest absolute Gasteiger partial charge is 0.493 e. The molecule has 2 aromatic carbocycles. The van der Waals surface area contributed by atoms with E-state index in [9.17, 15) is 9.50 Å². The van der Waals surface area contributed by atoms with E-state index in [1.165, 1.54) is 32.2 Å². The smallest absolute Gasteiger partial charge is 0.266 e. The normalized spacial score (nSPS) is 11.7. The second kappa shape index (κ2) is 7.88. The van der Waals surface area contributed by atoms with Gasteiger partial charge in [-0.1, -0.05) is 24.3 Å². The van der Waals surface area contributed by atoms with Gasteiger partial charge in [-0.05, 0) is 31.2 Å². The average Bonchev–Trinajstić information content (AvgIpc) is 2.64. The first-order valence-corrected chi connectivity index (χ1v) is 8.07. The molecule has 1 atom stereocenters. The first-order valence-electron chi connectivity index (χ1n) is 8.07. The van der Waals surface area contributed by atoms with Crippen LogP contribution in [-0.2, 0) is 0 Å². The van der Waals surface area contributed by atoms with Crippen LogP contribution in [0.25, 0.3) is 11.4 Å². The fraction of sp³-hybridized carbons (Fsp3) is 0.158. The highest BCUT2D eigenvalue weighted by Gasteiger charge is 2.20. The summed E-state index contributed by atoms with van der Waals surface area (Å²) in [5.74, 6) is 0.421. The lowest BCUT2D eigenvalue weighted by molar-refractivity contribution is -0.00520. The minimum Gasteiger partial charge on any atom is -0.493 e. The van der Waals surface area contributed by atoms with Gasteiger partial charge in [0.05, 0.1) is 7.11 Å². The molecule has 0 radical (unpaired) electrons. The van der Waals surface area contributed by atoms with Crippen LogP contribution in [-0.4, -0.2) is 28.5 Å². The van der Waals surface area contributed by atoms with Crippen LogP contribution in [0.3, 0.4) is 0 Å². The summed E-state index contributed by atoms with van der Waals surface area (Å²) in [4.78, 5) is 8.41. The number of nitrogens with zero attached hydrogens (tertiary/aromatic N) is 2. The zero-order valence-electron chi connectivity index (χ0n) is 14.7. The second-order valence-electron chi connectivity index (χ2n) is 5.55. The number of methoxy groups -OCH3 is 1. The Morgan fingerprint density at radius 3 is 2.48 bits per heavy atom. The van der Waals surface area contributed by atoms with Gasteiger partial charge in [0, 0.05) is 5.56 Å². The number of nitrogens with two attached hydrogens (primary N) is 1. The number of ether oxygens (including phenoxy) is 3. The minimum absolute atomic E-state index is 0.0144. The van der Waals surface area contributed by atoms with Crippen LogP contribution in [0.15, 0.2) is 48.5 Å². The van der Waals surface area contributed by atoms with Crippen LogP contribution in [0.2, 0.25) is 0 Å². The molecule has 1 unspecified atom stereocenters. The zero-order valence-corrected chi connectivity index (χ0v) is 14.7. The van der Waals surface area contributed by atoms with Crippen LogP contribution in [0.1, 0.15) is 6.92 Å². The monoisotopic (exact) mass is 371 g/mol. The Labute approximate surface area is 155 Å². The van der Waals surface area contributed by atoms with Crippen LogP contribution in [0, 0.1) is 5.82 Å². The van der Waals surface area contributed by atoms with E-state index in [-0.39, 0.29) is 23.3 Å². The van der Waals surface area contributed by atoms with E-state index in [1.807, 2.05) is 0 Å². The average molecular weight is 371 g/mol. The molecule has 0 fully saturated rings. The molecule has 0 amide bonds. The van der Waals surface area contributed by atoms with Crippen molar-refractivity contribution in [1.29, 1.82) is 0 Å². The summed E-state index contributed by atoms with van der Waals surface area (Å²) in [5.41, 5.74) is 6.44. The molecule has 0 aliphatic rings. The summed E-state index contributed by atoms with van der Waals surface area (Å²) < 4.78 is 29.9. The molecule has 140 valence electrons. The predicted octanol–water partition coefficient (Wildman–Crippen LogP) is 3.38. The van der Waals surface area contributed by atoms with Crippen LogP contribution >= 0.6 is 0 Å². The Morgan fingerprint density at radius 1 is 1.07 bits per heavy atom. The van der Waals surface area contributed by atoms with Gasteiger partial charge in [0.2, 0.25) is 5.75 Å². The predicted molar refractivity (Wildman–Crippen MR) is 97.2 cm³/mol. The van der Waals surface area contributed by atoms with Crippen molar-refractivity contribution in [3.05, 3.63) is 54.3 Å². The molecule has 1 aromatic heterocycles. The summed E-state index contributed by atoms with van der Waals surface area (Å²) in [7, 11) is 1.50. The molecule has 7 nitrogen and oxygen atoms in total. The third-order valence-electron chi connectivity index (χ3n) is 3.51. The summed E-state index contributed by atoms with van der Waals surface area (Å²) >= 11 is 0. The number of aliphatic hydroxyl groups excluding tert-OH is 1. The fourth-order valence-electron chi connectivity index (χ4n) is 2.35. The lowest BCUT2D eigenvalue weighted by Gasteiger charge is -2.16. The van der Waals surface area contributed by atoms with Crippen molar-refractivity contribution >= 4 is 5.82 Å². The molecule has 0 spiro atoms. The molecular weight excluding hydrogens is 353 g/mol. The van der Waals surface area contributed by atoms with Crippen molar-refractivity contribution in [3.8, 4) is 34.5 Å². The van der Waals surface area contributed by atoms with Crippen molar-refractivity contribution in [1.82, 2.24) is 9.97 Å². The number of aromatic nitrogens is 2. The number of aliphatic hydroxyl groups is 1. The summed E-state index contributed by atoms with van der Waals surface area (Å²) in [6.45, 7) is 1.41. The molecular formula is C19H18FN3O4. The zero-order chi connectivity index (χ0) is 19.4. The van der Waals surface area contributed by atoms with Crippen molar-refractivity contribution in [2.75, 3.05) is 12.8 Å². The van der Waals surface area contributed by atoms with Crippen molar-refractivity contribution < 1.29 is 23.7 Å². The molecule has 3 N–H and O–H groups in total. The number of benzene rings is 2. The maximum absolute atomic E-state index is 13.5. The molecule has 0 saturated heterocycles. The van der Waals surface area contributed by atoms with Crippen molar-refractivity contribution in [2.45, 2.75) is 13.2 Å². The fourth-order valence-corrected chi connectivity index (χ4v) is 2.35. The molecule has 0 aliphatic heterocycles. The van der Waals surface area contributed by atoms with Gasteiger partial charge in [0.1, 0.15) is 5.82 Å². The Bertz CT molecular complexity index is 950. The Hall–Kier alpha value is -3.39. The molecule has 27 heavy (non-hydrogen) atoms. The van der Waals surface area contributed by atoms with Crippen LogP contribution in [0.5, 0.6) is 23.1 Å². The third kappa shape index (κ3) is 4.24. The quantitative estimate of drug-likeness (QED) is 0.641. The van der Waals surface area contributed by atoms with Crippen LogP contribution in [0.4, 0.5) is 10.2 Å². The maximum atomic E-state index is 13.5. The van der Waals surface area contributed by atoms with Crippen molar-refractivity contribution in [2.24, 2.45) is 0 Å². The molecule has 0 bridgehead atoms. The van der Waals surface area contributed by atoms with E-state index in [0.29, 0.717) is 17.1 Å². The minimum atomic E-state index is -1.18. The van der Waals surface area contributed by atoms with Gasteiger partial charge in [-0.2, -0.15) is 4.98 Å². The first kappa shape index (κ1) is 18.4. The first-order chi connectivity index (χ1) is 13.0. The standard InChI is InChI=1S/C19H18FN3O4/c1-11(24)26-19-16(27-15-9-4-3-8-14(15)25-2)17(21)22-18(23-19)12-6-5-7-13(20)10-12/h3-11,24H,1-2H3,(H2,21,22,23). The number of nitrogen functional groups attached to an aromatic ring is 1. The summed E-state index contributed by atoms with van der Waals surface area (Å²) in [5, 5.41) is 9.63. The number of anilines is 1. The number of hydrogen-bond donors (Lipinski definition) is 2. The van der Waals surface area contributed by atoms with Gasteiger partial charge in [-0.25, -0.2) is 9.37 Å². The number of para-hydroxylation sites is 2. The Balaban J connectivity index is 2.07. The Morgan fingerprint density at radius 2 is 1.81 bits per heavy atom. The lowest BCUT2D eigenvalue weighted by Crippen LogP contribution is -2.13. The van der Waals surface area contributed by atoms with E-state index >= 15 is 0 Å². The number of hydrogen-bond acceptors (Lipinski definition) is 7. The van der Waals surface area contributed by atoms with Gasteiger partial charge in [0.25, 0.3) is 5.88 Å². The highest BCUT2D eigenvalue weighted by Crippen LogP contribution is 2.39. The van der Waals surface area contributed by atoms with E-state index < -0.39 is 12.1 Å². The SMILES string of the molecule is COc1ccccc1Oc1c(N)nc(-c2cccc(F)c2)nc1OC(C)O. The molecule has 3 aromatic rings. The molecule has 3 rings (SSSR count). The van der Waals surface area contributed by atoms with Gasteiger partial charge in [-0.3, -0.25) is 0 Å². The maximum Gasteiger partial charge on any atom is 0.266 e. The lowest BCUT2D eigenvalue weighted by atomic mass is 10.2. The highest BCUT2D eigenvalue weighted by atomic mass is 19.1. The van der Waals surface area contributed by atoms with Gasteiger partial charge >= 0.3 is 0 Å². The Kier molecular flexibility index (Phi) is 5.37. The summed E-state index contributed by atoms with van der Waals surface area (Å²) in [6, 6.07) is 12.6. The summed E-state index contributed by atoms with van der Waals surface area (Å²) in [6.07, 6.45) is -1.18. The number of halogens is 1. The van der Waals surface area contributed by atoms with E-state index in [2.05, 4.69) is 9.97 Å². The third-order valence-corrected chi connectivity index (χ3v) is 3.51. The molecule has 1 heterocycles. The number of rotatable bonds is 6. The van der Waals surface area contributed by atoms with Crippen LogP contribution < -0.4 is 19.9 Å². The van der Waals surface area contributed by atoms with E-state index in [1.54, 1.807) is 30.3 Å². The highest BCUT2D eigenvalue weighted by molar-refractivity contribution is 5.63. The topological polar surface area (TPSA) is 99.7 Å². The van der Waals surface area contributed by atoms with Gasteiger partial charge < -0.3 is 25.1 Å². The van der Waals surface area contributed by atoms with E-state index in [0.717, 1.165) is 0 Å². The molecule has 0 saturated carbocycles. The van der Waals surface area contributed by atoms with Gasteiger partial charge in [0.15, 0.2) is 29.4 Å².